The van der Waals surface area contributed by atoms with Crippen molar-refractivity contribution in [2.75, 3.05) is 19.6 Å². The second-order valence-corrected chi connectivity index (χ2v) is 5.61. The zero-order valence-electron chi connectivity index (χ0n) is 11.6. The number of rotatable bonds is 7. The van der Waals surface area contributed by atoms with Crippen molar-refractivity contribution in [3.05, 3.63) is 0 Å². The van der Waals surface area contributed by atoms with Gasteiger partial charge in [-0.3, -0.25) is 0 Å². The average Bonchev–Trinajstić information content (AvgIpc) is 2.08. The van der Waals surface area contributed by atoms with Gasteiger partial charge in [-0.05, 0) is 67.1 Å². The van der Waals surface area contributed by atoms with Gasteiger partial charge in [0.15, 0.2) is 0 Å². The Morgan fingerprint density at radius 2 is 1.73 bits per heavy atom. The van der Waals surface area contributed by atoms with Crippen molar-refractivity contribution in [2.24, 2.45) is 0 Å². The molecule has 0 unspecified atom stereocenters. The summed E-state index contributed by atoms with van der Waals surface area (Å²) in [6.07, 6.45) is 2.58. The summed E-state index contributed by atoms with van der Waals surface area (Å²) >= 11 is 0. The van der Waals surface area contributed by atoms with Crippen molar-refractivity contribution >= 4 is 0 Å². The van der Waals surface area contributed by atoms with E-state index in [-0.39, 0.29) is 5.54 Å². The van der Waals surface area contributed by atoms with E-state index in [0.717, 1.165) is 6.54 Å². The van der Waals surface area contributed by atoms with Crippen LogP contribution in [-0.4, -0.2) is 36.1 Å². The van der Waals surface area contributed by atoms with Gasteiger partial charge in [0, 0.05) is 11.6 Å². The molecule has 0 aromatic rings. The number of nitrogens with zero attached hydrogens (tertiary/aromatic N) is 1. The first-order chi connectivity index (χ1) is 6.87. The Morgan fingerprint density at radius 3 is 2.13 bits per heavy atom. The zero-order valence-corrected chi connectivity index (χ0v) is 11.6. The summed E-state index contributed by atoms with van der Waals surface area (Å²) in [5.41, 5.74) is 0.266. The van der Waals surface area contributed by atoms with Gasteiger partial charge >= 0.3 is 0 Å². The van der Waals surface area contributed by atoms with Crippen LogP contribution in [0.3, 0.4) is 0 Å². The number of hydrogen-bond acceptors (Lipinski definition) is 2. The molecule has 0 saturated heterocycles. The van der Waals surface area contributed by atoms with Crippen molar-refractivity contribution in [2.45, 2.75) is 66.0 Å². The van der Waals surface area contributed by atoms with Gasteiger partial charge < -0.3 is 10.2 Å². The maximum Gasteiger partial charge on any atom is 0.00965 e. The summed E-state index contributed by atoms with van der Waals surface area (Å²) in [5, 5.41) is 3.52. The molecule has 92 valence electrons. The fraction of sp³-hybridized carbons (Fsp3) is 1.00. The summed E-state index contributed by atoms with van der Waals surface area (Å²) in [6, 6.07) is 0.686. The summed E-state index contributed by atoms with van der Waals surface area (Å²) in [7, 11) is 0. The summed E-state index contributed by atoms with van der Waals surface area (Å²) < 4.78 is 0. The monoisotopic (exact) mass is 214 g/mol. The average molecular weight is 214 g/mol. The molecule has 0 fully saturated rings. The SMILES string of the molecule is CCN(CCCCNC(C)(C)C)C(C)C. The van der Waals surface area contributed by atoms with Gasteiger partial charge in [0.2, 0.25) is 0 Å². The Morgan fingerprint density at radius 1 is 1.13 bits per heavy atom. The summed E-state index contributed by atoms with van der Waals surface area (Å²) in [4.78, 5) is 2.52. The molecule has 0 aromatic heterocycles. The molecule has 2 nitrogen and oxygen atoms in total. The van der Waals surface area contributed by atoms with Gasteiger partial charge in [-0.15, -0.1) is 0 Å². The lowest BCUT2D eigenvalue weighted by Crippen LogP contribution is -2.37. The molecule has 0 radical (unpaired) electrons. The third kappa shape index (κ3) is 8.88. The fourth-order valence-corrected chi connectivity index (χ4v) is 1.68. The van der Waals surface area contributed by atoms with Crippen LogP contribution in [0.15, 0.2) is 0 Å². The van der Waals surface area contributed by atoms with E-state index in [2.05, 4.69) is 51.8 Å². The van der Waals surface area contributed by atoms with Crippen molar-refractivity contribution in [1.82, 2.24) is 10.2 Å². The minimum absolute atomic E-state index is 0.266. The van der Waals surface area contributed by atoms with Crippen molar-refractivity contribution in [3.8, 4) is 0 Å². The lowest BCUT2D eigenvalue weighted by atomic mass is 10.1. The van der Waals surface area contributed by atoms with Gasteiger partial charge in [-0.2, -0.15) is 0 Å². The molecule has 0 bridgehead atoms. The highest BCUT2D eigenvalue weighted by molar-refractivity contribution is 4.70. The van der Waals surface area contributed by atoms with Crippen LogP contribution in [0, 0.1) is 0 Å². The van der Waals surface area contributed by atoms with Crippen LogP contribution in [-0.2, 0) is 0 Å². The molecule has 0 rings (SSSR count). The van der Waals surface area contributed by atoms with E-state index in [4.69, 9.17) is 0 Å². The second kappa shape index (κ2) is 7.24. The lowest BCUT2D eigenvalue weighted by molar-refractivity contribution is 0.228. The Hall–Kier alpha value is -0.0800. The molecule has 15 heavy (non-hydrogen) atoms. The molecule has 0 aliphatic heterocycles. The van der Waals surface area contributed by atoms with Crippen LogP contribution >= 0.6 is 0 Å². The van der Waals surface area contributed by atoms with Gasteiger partial charge in [-0.25, -0.2) is 0 Å². The molecule has 0 amide bonds. The number of nitrogens with one attached hydrogen (secondary N) is 1. The van der Waals surface area contributed by atoms with E-state index in [9.17, 15) is 0 Å². The van der Waals surface area contributed by atoms with E-state index >= 15 is 0 Å². The zero-order chi connectivity index (χ0) is 11.9. The first-order valence-corrected chi connectivity index (χ1v) is 6.36. The predicted molar refractivity (Wildman–Crippen MR) is 69.4 cm³/mol. The van der Waals surface area contributed by atoms with E-state index in [1.165, 1.54) is 25.9 Å². The topological polar surface area (TPSA) is 15.3 Å². The van der Waals surface area contributed by atoms with Crippen LogP contribution < -0.4 is 5.32 Å². The van der Waals surface area contributed by atoms with Crippen LogP contribution in [0.4, 0.5) is 0 Å². The van der Waals surface area contributed by atoms with Crippen molar-refractivity contribution in [3.63, 3.8) is 0 Å². The Bertz CT molecular complexity index is 147. The minimum Gasteiger partial charge on any atom is -0.312 e. The molecule has 0 aliphatic carbocycles. The van der Waals surface area contributed by atoms with Crippen LogP contribution in [0.1, 0.15) is 54.4 Å². The van der Waals surface area contributed by atoms with Gasteiger partial charge in [0.05, 0.1) is 0 Å². The molecule has 0 saturated carbocycles. The molecular weight excluding hydrogens is 184 g/mol. The highest BCUT2D eigenvalue weighted by Gasteiger charge is 2.08. The van der Waals surface area contributed by atoms with E-state index in [1.807, 2.05) is 0 Å². The van der Waals surface area contributed by atoms with Crippen molar-refractivity contribution in [1.29, 1.82) is 0 Å². The van der Waals surface area contributed by atoms with Crippen LogP contribution in [0.2, 0.25) is 0 Å². The summed E-state index contributed by atoms with van der Waals surface area (Å²) in [5.74, 6) is 0. The third-order valence-corrected chi connectivity index (χ3v) is 2.66. The Kier molecular flexibility index (Phi) is 7.20. The van der Waals surface area contributed by atoms with Crippen LogP contribution in [0.5, 0.6) is 0 Å². The molecule has 0 spiro atoms. The molecule has 0 heterocycles. The van der Waals surface area contributed by atoms with Crippen LogP contribution in [0.25, 0.3) is 0 Å². The highest BCUT2D eigenvalue weighted by atomic mass is 15.1. The van der Waals surface area contributed by atoms with E-state index < -0.39 is 0 Å². The first kappa shape index (κ1) is 14.9. The van der Waals surface area contributed by atoms with Gasteiger partial charge in [0.1, 0.15) is 0 Å². The maximum atomic E-state index is 3.52. The minimum atomic E-state index is 0.266. The van der Waals surface area contributed by atoms with Crippen molar-refractivity contribution < 1.29 is 0 Å². The smallest absolute Gasteiger partial charge is 0.00965 e. The van der Waals surface area contributed by atoms with Gasteiger partial charge in [-0.1, -0.05) is 6.92 Å². The lowest BCUT2D eigenvalue weighted by Gasteiger charge is -2.25. The highest BCUT2D eigenvalue weighted by Crippen LogP contribution is 2.02. The summed E-state index contributed by atoms with van der Waals surface area (Å²) in [6.45, 7) is 17.0. The second-order valence-electron chi connectivity index (χ2n) is 5.61. The standard InChI is InChI=1S/C13H30N2/c1-7-15(12(2)3)11-9-8-10-14-13(4,5)6/h12,14H,7-11H2,1-6H3. The maximum absolute atomic E-state index is 3.52. The number of hydrogen-bond donors (Lipinski definition) is 1. The fourth-order valence-electron chi connectivity index (χ4n) is 1.68. The molecule has 0 aliphatic rings. The molecule has 0 atom stereocenters. The van der Waals surface area contributed by atoms with Gasteiger partial charge in [0.25, 0.3) is 0 Å². The molecule has 1 N–H and O–H groups in total. The Balaban J connectivity index is 3.45. The normalized spacial score (nSPS) is 12.8. The largest absolute Gasteiger partial charge is 0.312 e. The van der Waals surface area contributed by atoms with E-state index in [1.54, 1.807) is 0 Å². The third-order valence-electron chi connectivity index (χ3n) is 2.66. The quantitative estimate of drug-likeness (QED) is 0.656. The van der Waals surface area contributed by atoms with E-state index in [0.29, 0.717) is 6.04 Å². The first-order valence-electron chi connectivity index (χ1n) is 6.36. The molecule has 0 aromatic carbocycles. The molecule has 2 heteroatoms. The predicted octanol–water partition coefficient (Wildman–Crippen LogP) is 2.89. The number of unbranched alkanes of at least 4 members (excludes halogenated alkanes) is 1. The molecular formula is C13H30N2. The Labute approximate surface area is 96.4 Å².